The number of carbonyl (C=O) groups is 1. The third-order valence-corrected chi connectivity index (χ3v) is 2.17. The molecule has 1 aromatic rings. The average Bonchev–Trinajstić information content (AvgIpc) is 2.13. The standard InChI is InChI=1S/C13H14BrNO2/c1-5-9-6-10(14)8-11(7-9)15-12(16)17-13(2,3)4/h1,6-8H,2-4H3,(H,15,16). The minimum Gasteiger partial charge on any atom is -0.444 e. The van der Waals surface area contributed by atoms with Crippen molar-refractivity contribution in [1.82, 2.24) is 0 Å². The Morgan fingerprint density at radius 2 is 2.06 bits per heavy atom. The Hall–Kier alpha value is -1.47. The van der Waals surface area contributed by atoms with Crippen LogP contribution in [-0.2, 0) is 4.74 Å². The molecule has 0 radical (unpaired) electrons. The molecule has 1 N–H and O–H groups in total. The molecule has 0 heterocycles. The highest BCUT2D eigenvalue weighted by atomic mass is 79.9. The monoisotopic (exact) mass is 295 g/mol. The lowest BCUT2D eigenvalue weighted by atomic mass is 10.2. The summed E-state index contributed by atoms with van der Waals surface area (Å²) in [5, 5.41) is 2.63. The Morgan fingerprint density at radius 3 is 2.59 bits per heavy atom. The number of amides is 1. The molecule has 1 rings (SSSR count). The number of benzene rings is 1. The Kier molecular flexibility index (Phi) is 4.19. The second-order valence-corrected chi connectivity index (χ2v) is 5.42. The molecular formula is C13H14BrNO2. The van der Waals surface area contributed by atoms with Crippen molar-refractivity contribution in [3.8, 4) is 12.3 Å². The quantitative estimate of drug-likeness (QED) is 0.801. The van der Waals surface area contributed by atoms with Gasteiger partial charge in [-0.25, -0.2) is 4.79 Å². The summed E-state index contributed by atoms with van der Waals surface area (Å²) >= 11 is 3.32. The van der Waals surface area contributed by atoms with Crippen LogP contribution in [0.5, 0.6) is 0 Å². The topological polar surface area (TPSA) is 38.3 Å². The molecule has 0 saturated carbocycles. The van der Waals surface area contributed by atoms with Gasteiger partial charge in [-0.2, -0.15) is 0 Å². The van der Waals surface area contributed by atoms with Crippen LogP contribution in [-0.4, -0.2) is 11.7 Å². The van der Waals surface area contributed by atoms with Crippen LogP contribution in [0.15, 0.2) is 22.7 Å². The zero-order chi connectivity index (χ0) is 13.1. The van der Waals surface area contributed by atoms with Gasteiger partial charge in [-0.15, -0.1) is 6.42 Å². The molecule has 4 heteroatoms. The Balaban J connectivity index is 2.79. The third kappa shape index (κ3) is 4.92. The van der Waals surface area contributed by atoms with Crippen LogP contribution in [0.4, 0.5) is 10.5 Å². The second kappa shape index (κ2) is 5.24. The van der Waals surface area contributed by atoms with Gasteiger partial charge < -0.3 is 4.74 Å². The predicted molar refractivity (Wildman–Crippen MR) is 71.9 cm³/mol. The molecule has 0 bridgehead atoms. The van der Waals surface area contributed by atoms with Crippen LogP contribution in [0.2, 0.25) is 0 Å². The fourth-order valence-corrected chi connectivity index (χ4v) is 1.66. The lowest BCUT2D eigenvalue weighted by molar-refractivity contribution is 0.0636. The number of carbonyl (C=O) groups excluding carboxylic acids is 1. The first kappa shape index (κ1) is 13.6. The molecule has 0 spiro atoms. The van der Waals surface area contributed by atoms with Crippen molar-refractivity contribution in [2.24, 2.45) is 0 Å². The maximum atomic E-state index is 11.5. The molecule has 1 aromatic carbocycles. The number of anilines is 1. The summed E-state index contributed by atoms with van der Waals surface area (Å²) in [7, 11) is 0. The van der Waals surface area contributed by atoms with Crippen LogP contribution in [0.25, 0.3) is 0 Å². The first-order chi connectivity index (χ1) is 7.80. The molecular weight excluding hydrogens is 282 g/mol. The van der Waals surface area contributed by atoms with Crippen LogP contribution < -0.4 is 5.32 Å². The normalized spacial score (nSPS) is 10.5. The van der Waals surface area contributed by atoms with Gasteiger partial charge in [-0.05, 0) is 39.0 Å². The Morgan fingerprint density at radius 1 is 1.41 bits per heavy atom. The number of hydrogen-bond donors (Lipinski definition) is 1. The molecule has 0 aliphatic rings. The Labute approximate surface area is 110 Å². The first-order valence-corrected chi connectivity index (χ1v) is 5.87. The minimum atomic E-state index is -0.523. The highest BCUT2D eigenvalue weighted by Crippen LogP contribution is 2.20. The molecule has 0 atom stereocenters. The summed E-state index contributed by atoms with van der Waals surface area (Å²) in [6, 6.07) is 5.25. The number of hydrogen-bond acceptors (Lipinski definition) is 2. The Bertz CT molecular complexity index is 469. The van der Waals surface area contributed by atoms with Crippen molar-refractivity contribution in [1.29, 1.82) is 0 Å². The highest BCUT2D eigenvalue weighted by Gasteiger charge is 2.16. The van der Waals surface area contributed by atoms with Gasteiger partial charge in [-0.1, -0.05) is 21.9 Å². The van der Waals surface area contributed by atoms with Crippen LogP contribution >= 0.6 is 15.9 Å². The van der Waals surface area contributed by atoms with E-state index >= 15 is 0 Å². The molecule has 1 amide bonds. The minimum absolute atomic E-state index is 0.501. The molecule has 3 nitrogen and oxygen atoms in total. The summed E-state index contributed by atoms with van der Waals surface area (Å²) in [5.74, 6) is 2.51. The molecule has 0 unspecified atom stereocenters. The van der Waals surface area contributed by atoms with E-state index in [2.05, 4.69) is 27.2 Å². The molecule has 90 valence electrons. The SMILES string of the molecule is C#Cc1cc(Br)cc(NC(=O)OC(C)(C)C)c1. The van der Waals surface area contributed by atoms with E-state index in [1.165, 1.54) is 0 Å². The number of nitrogens with one attached hydrogen (secondary N) is 1. The maximum Gasteiger partial charge on any atom is 0.412 e. The van der Waals surface area contributed by atoms with Crippen LogP contribution in [0.1, 0.15) is 26.3 Å². The summed E-state index contributed by atoms with van der Waals surface area (Å²) in [5.41, 5.74) is 0.761. The zero-order valence-corrected chi connectivity index (χ0v) is 11.6. The molecule has 0 fully saturated rings. The van der Waals surface area contributed by atoms with Gasteiger partial charge in [0.25, 0.3) is 0 Å². The summed E-state index contributed by atoms with van der Waals surface area (Å²) in [6.07, 6.45) is 4.80. The lowest BCUT2D eigenvalue weighted by Crippen LogP contribution is -2.27. The van der Waals surface area contributed by atoms with Crippen LogP contribution in [0, 0.1) is 12.3 Å². The average molecular weight is 296 g/mol. The van der Waals surface area contributed by atoms with E-state index < -0.39 is 11.7 Å². The zero-order valence-electron chi connectivity index (χ0n) is 10.0. The van der Waals surface area contributed by atoms with Gasteiger partial charge in [0.15, 0.2) is 0 Å². The van der Waals surface area contributed by atoms with E-state index in [0.29, 0.717) is 11.3 Å². The van der Waals surface area contributed by atoms with Crippen molar-refractivity contribution in [3.63, 3.8) is 0 Å². The summed E-state index contributed by atoms with van der Waals surface area (Å²) in [4.78, 5) is 11.5. The van der Waals surface area contributed by atoms with Crippen molar-refractivity contribution in [3.05, 3.63) is 28.2 Å². The number of rotatable bonds is 1. The highest BCUT2D eigenvalue weighted by molar-refractivity contribution is 9.10. The van der Waals surface area contributed by atoms with Gasteiger partial charge in [0, 0.05) is 15.7 Å². The van der Waals surface area contributed by atoms with E-state index in [9.17, 15) is 4.79 Å². The molecule has 17 heavy (non-hydrogen) atoms. The van der Waals surface area contributed by atoms with Crippen molar-refractivity contribution in [2.75, 3.05) is 5.32 Å². The van der Waals surface area contributed by atoms with E-state index in [1.54, 1.807) is 39.0 Å². The summed E-state index contributed by atoms with van der Waals surface area (Å²) in [6.45, 7) is 5.42. The maximum absolute atomic E-state index is 11.5. The molecule has 0 aliphatic heterocycles. The van der Waals surface area contributed by atoms with E-state index in [1.807, 2.05) is 0 Å². The lowest BCUT2D eigenvalue weighted by Gasteiger charge is -2.19. The van der Waals surface area contributed by atoms with Crippen molar-refractivity contribution >= 4 is 27.7 Å². The number of halogens is 1. The van der Waals surface area contributed by atoms with Gasteiger partial charge in [0.1, 0.15) is 5.60 Å². The van der Waals surface area contributed by atoms with E-state index in [4.69, 9.17) is 11.2 Å². The predicted octanol–water partition coefficient (Wildman–Crippen LogP) is 3.78. The van der Waals surface area contributed by atoms with E-state index in [0.717, 1.165) is 4.47 Å². The smallest absolute Gasteiger partial charge is 0.412 e. The molecule has 0 aromatic heterocycles. The van der Waals surface area contributed by atoms with E-state index in [-0.39, 0.29) is 0 Å². The number of terminal acetylenes is 1. The molecule has 0 saturated heterocycles. The number of ether oxygens (including phenoxy) is 1. The van der Waals surface area contributed by atoms with Crippen molar-refractivity contribution < 1.29 is 9.53 Å². The summed E-state index contributed by atoms with van der Waals surface area (Å²) < 4.78 is 5.94. The molecule has 0 aliphatic carbocycles. The van der Waals surface area contributed by atoms with Gasteiger partial charge in [0.2, 0.25) is 0 Å². The van der Waals surface area contributed by atoms with Gasteiger partial charge in [0.05, 0.1) is 0 Å². The third-order valence-electron chi connectivity index (χ3n) is 1.71. The fraction of sp³-hybridized carbons (Fsp3) is 0.308. The van der Waals surface area contributed by atoms with Gasteiger partial charge >= 0.3 is 6.09 Å². The fourth-order valence-electron chi connectivity index (χ4n) is 1.17. The second-order valence-electron chi connectivity index (χ2n) is 4.50. The van der Waals surface area contributed by atoms with Gasteiger partial charge in [-0.3, -0.25) is 5.32 Å². The van der Waals surface area contributed by atoms with Crippen LogP contribution in [0.3, 0.4) is 0 Å². The largest absolute Gasteiger partial charge is 0.444 e. The van der Waals surface area contributed by atoms with Crippen molar-refractivity contribution in [2.45, 2.75) is 26.4 Å². The first-order valence-electron chi connectivity index (χ1n) is 5.07.